The van der Waals surface area contributed by atoms with Crippen LogP contribution in [0.5, 0.6) is 0 Å². The monoisotopic (exact) mass is 367 g/mol. The Morgan fingerprint density at radius 3 is 2.12 bits per heavy atom. The number of urea groups is 1. The molecule has 2 amide bonds. The second-order valence-corrected chi connectivity index (χ2v) is 9.16. The van der Waals surface area contributed by atoms with Crippen LogP contribution < -0.4 is 10.0 Å². The van der Waals surface area contributed by atoms with Gasteiger partial charge in [-0.1, -0.05) is 52.8 Å². The molecule has 0 aliphatic carbocycles. The van der Waals surface area contributed by atoms with Crippen molar-refractivity contribution in [3.63, 3.8) is 0 Å². The predicted octanol–water partition coefficient (Wildman–Crippen LogP) is 3.09. The number of carbonyl (C=O) groups is 1. The van der Waals surface area contributed by atoms with Gasteiger partial charge in [0.2, 0.25) is 10.0 Å². The van der Waals surface area contributed by atoms with Crippen molar-refractivity contribution in [1.82, 2.24) is 9.62 Å². The van der Waals surface area contributed by atoms with Gasteiger partial charge in [0, 0.05) is 18.8 Å². The fourth-order valence-corrected chi connectivity index (χ4v) is 4.31. The van der Waals surface area contributed by atoms with E-state index in [-0.39, 0.29) is 11.8 Å². The maximum atomic E-state index is 12.4. The quantitative estimate of drug-likeness (QED) is 0.810. The van der Waals surface area contributed by atoms with Crippen LogP contribution in [0.1, 0.15) is 57.6 Å². The molecule has 0 saturated carbocycles. The van der Waals surface area contributed by atoms with Crippen LogP contribution in [-0.2, 0) is 10.0 Å². The highest BCUT2D eigenvalue weighted by molar-refractivity contribution is 7.90. The summed E-state index contributed by atoms with van der Waals surface area (Å²) in [6, 6.07) is 5.21. The van der Waals surface area contributed by atoms with E-state index in [1.165, 1.54) is 0 Å². The van der Waals surface area contributed by atoms with Gasteiger partial charge in [-0.25, -0.2) is 17.9 Å². The van der Waals surface area contributed by atoms with E-state index >= 15 is 0 Å². The Bertz CT molecular complexity index is 697. The number of nitrogens with zero attached hydrogens (tertiary/aromatic N) is 1. The topological polar surface area (TPSA) is 78.5 Å². The van der Waals surface area contributed by atoms with Crippen molar-refractivity contribution in [1.29, 1.82) is 0 Å². The highest BCUT2D eigenvalue weighted by atomic mass is 32.2. The third-order valence-corrected chi connectivity index (χ3v) is 6.30. The van der Waals surface area contributed by atoms with Crippen LogP contribution in [0.2, 0.25) is 0 Å². The molecular formula is C18H29N3O3S. The molecule has 2 rings (SSSR count). The number of carbonyl (C=O) groups excluding carboxylic acids is 1. The molecule has 0 spiro atoms. The Morgan fingerprint density at radius 1 is 1.16 bits per heavy atom. The zero-order valence-corrected chi connectivity index (χ0v) is 16.5. The van der Waals surface area contributed by atoms with Crippen molar-refractivity contribution in [3.05, 3.63) is 29.3 Å². The molecule has 0 atom stereocenters. The molecule has 140 valence electrons. The number of rotatable bonds is 6. The molecule has 0 aromatic heterocycles. The fourth-order valence-electron chi connectivity index (χ4n) is 3.02. The van der Waals surface area contributed by atoms with Crippen LogP contribution in [0.15, 0.2) is 18.2 Å². The first kappa shape index (κ1) is 19.7. The molecule has 0 unspecified atom stereocenters. The maximum Gasteiger partial charge on any atom is 0.332 e. The number of sulfonamides is 1. The van der Waals surface area contributed by atoms with Gasteiger partial charge in [-0.2, -0.15) is 0 Å². The largest absolute Gasteiger partial charge is 0.332 e. The van der Waals surface area contributed by atoms with Gasteiger partial charge in [0.15, 0.2) is 0 Å². The summed E-state index contributed by atoms with van der Waals surface area (Å²) in [6.07, 6.45) is 0. The Kier molecular flexibility index (Phi) is 6.11. The van der Waals surface area contributed by atoms with Gasteiger partial charge < -0.3 is 10.2 Å². The summed E-state index contributed by atoms with van der Waals surface area (Å²) in [5.74, 6) is 0.436. The minimum absolute atomic E-state index is 0.218. The number of benzene rings is 1. The third kappa shape index (κ3) is 4.52. The van der Waals surface area contributed by atoms with Crippen molar-refractivity contribution < 1.29 is 13.2 Å². The number of anilines is 1. The zero-order chi connectivity index (χ0) is 18.8. The lowest BCUT2D eigenvalue weighted by molar-refractivity contribution is 0.194. The van der Waals surface area contributed by atoms with E-state index in [2.05, 4.69) is 10.0 Å². The summed E-state index contributed by atoms with van der Waals surface area (Å²) in [6.45, 7) is 11.9. The minimum atomic E-state index is -3.66. The molecule has 1 aromatic rings. The second kappa shape index (κ2) is 7.74. The summed E-state index contributed by atoms with van der Waals surface area (Å²) in [5.41, 5.74) is 2.71. The van der Waals surface area contributed by atoms with Gasteiger partial charge in [0.25, 0.3) is 0 Å². The Balaban J connectivity index is 2.15. The van der Waals surface area contributed by atoms with Gasteiger partial charge in [-0.05, 0) is 29.5 Å². The molecule has 1 aliphatic heterocycles. The Labute approximate surface area is 151 Å². The molecule has 7 heteroatoms. The van der Waals surface area contributed by atoms with Gasteiger partial charge in [0.05, 0.1) is 0 Å². The summed E-state index contributed by atoms with van der Waals surface area (Å²) in [7, 11) is -3.66. The number of para-hydroxylation sites is 1. The van der Waals surface area contributed by atoms with Crippen LogP contribution in [0.3, 0.4) is 0 Å². The highest BCUT2D eigenvalue weighted by Crippen LogP contribution is 2.32. The average molecular weight is 368 g/mol. The molecule has 0 bridgehead atoms. The second-order valence-electron chi connectivity index (χ2n) is 7.20. The predicted molar refractivity (Wildman–Crippen MR) is 102 cm³/mol. The fraction of sp³-hybridized carbons (Fsp3) is 0.611. The molecule has 1 aliphatic rings. The highest BCUT2D eigenvalue weighted by Gasteiger charge is 2.37. The van der Waals surface area contributed by atoms with Crippen LogP contribution in [0.4, 0.5) is 10.5 Å². The van der Waals surface area contributed by atoms with E-state index in [1.54, 1.807) is 0 Å². The van der Waals surface area contributed by atoms with Gasteiger partial charge in [-0.15, -0.1) is 0 Å². The van der Waals surface area contributed by atoms with Crippen LogP contribution in [-0.4, -0.2) is 44.2 Å². The van der Waals surface area contributed by atoms with Gasteiger partial charge >= 0.3 is 6.03 Å². The summed E-state index contributed by atoms with van der Waals surface area (Å²) in [4.78, 5) is 14.4. The van der Waals surface area contributed by atoms with Gasteiger partial charge in [-0.3, -0.25) is 0 Å². The van der Waals surface area contributed by atoms with E-state index in [9.17, 15) is 13.2 Å². The molecule has 6 nitrogen and oxygen atoms in total. The summed E-state index contributed by atoms with van der Waals surface area (Å²) in [5, 5.41) is 2.26. The number of amides is 2. The zero-order valence-electron chi connectivity index (χ0n) is 15.7. The summed E-state index contributed by atoms with van der Waals surface area (Å²) >= 11 is 0. The lowest BCUT2D eigenvalue weighted by Gasteiger charge is -2.37. The van der Waals surface area contributed by atoms with Crippen molar-refractivity contribution in [2.45, 2.75) is 51.7 Å². The van der Waals surface area contributed by atoms with Crippen LogP contribution in [0, 0.1) is 0 Å². The number of hydrogen-bond acceptors (Lipinski definition) is 4. The van der Waals surface area contributed by atoms with E-state index < -0.39 is 21.3 Å². The molecule has 1 aromatic carbocycles. The van der Waals surface area contributed by atoms with Crippen molar-refractivity contribution in [3.8, 4) is 0 Å². The first-order chi connectivity index (χ1) is 11.7. The van der Waals surface area contributed by atoms with Crippen molar-refractivity contribution in [2.75, 3.05) is 25.0 Å². The molecular weight excluding hydrogens is 338 g/mol. The van der Waals surface area contributed by atoms with Crippen molar-refractivity contribution >= 4 is 21.7 Å². The van der Waals surface area contributed by atoms with Crippen molar-refractivity contribution in [2.24, 2.45) is 0 Å². The minimum Gasteiger partial charge on any atom is -0.307 e. The van der Waals surface area contributed by atoms with E-state index in [4.69, 9.17) is 0 Å². The van der Waals surface area contributed by atoms with E-state index in [1.807, 2.05) is 57.7 Å². The van der Waals surface area contributed by atoms with Gasteiger partial charge in [0.1, 0.15) is 5.25 Å². The lowest BCUT2D eigenvalue weighted by atomic mass is 9.93. The van der Waals surface area contributed by atoms with Crippen LogP contribution >= 0.6 is 0 Å². The molecule has 25 heavy (non-hydrogen) atoms. The first-order valence-electron chi connectivity index (χ1n) is 8.83. The normalized spacial score (nSPS) is 16.1. The molecule has 0 radical (unpaired) electrons. The lowest BCUT2D eigenvalue weighted by Crippen LogP contribution is -2.58. The number of likely N-dealkylation sites (tertiary alicyclic amines) is 1. The Hall–Kier alpha value is -1.60. The summed E-state index contributed by atoms with van der Waals surface area (Å²) < 4.78 is 26.8. The molecule has 2 N–H and O–H groups in total. The van der Waals surface area contributed by atoms with Crippen LogP contribution in [0.25, 0.3) is 0 Å². The Morgan fingerprint density at radius 2 is 1.68 bits per heavy atom. The molecule has 1 fully saturated rings. The first-order valence-corrected chi connectivity index (χ1v) is 10.4. The number of hydrogen-bond donors (Lipinski definition) is 2. The standard InChI is InChI=1S/C18H29N3O3S/c1-6-21-10-14(11-21)25(23,24)20-18(22)19-17-15(12(2)3)8-7-9-16(17)13(4)5/h7-9,12-14H,6,10-11H2,1-5H3,(H2,19,20,22). The average Bonchev–Trinajstić information content (AvgIpc) is 2.44. The third-order valence-electron chi connectivity index (χ3n) is 4.66. The molecule has 1 saturated heterocycles. The SMILES string of the molecule is CCN1CC(S(=O)(=O)NC(=O)Nc2c(C(C)C)cccc2C(C)C)C1. The van der Waals surface area contributed by atoms with E-state index in [0.717, 1.165) is 17.7 Å². The van der Waals surface area contributed by atoms with E-state index in [0.29, 0.717) is 18.8 Å². The smallest absolute Gasteiger partial charge is 0.307 e. The number of nitrogens with one attached hydrogen (secondary N) is 2. The molecule has 1 heterocycles. The maximum absolute atomic E-state index is 12.4.